The fourth-order valence-corrected chi connectivity index (χ4v) is 6.50. The Labute approximate surface area is 130 Å². The van der Waals surface area contributed by atoms with E-state index >= 15 is 0 Å². The number of anilines is 1. The maximum atomic E-state index is 12.2. The molecule has 2 rings (SSSR count). The number of carbonyl (C=O) groups is 1. The lowest BCUT2D eigenvalue weighted by atomic mass is 10.2. The molecule has 0 spiro atoms. The molecule has 0 amide bonds. The van der Waals surface area contributed by atoms with Crippen LogP contribution >= 0.6 is 15.9 Å². The van der Waals surface area contributed by atoms with Crippen molar-refractivity contribution in [2.24, 2.45) is 0 Å². The van der Waals surface area contributed by atoms with Crippen LogP contribution in [-0.4, -0.2) is 44.7 Å². The lowest BCUT2D eigenvalue weighted by Gasteiger charge is -2.14. The van der Waals surface area contributed by atoms with Gasteiger partial charge in [-0.25, -0.2) is 21.6 Å². The van der Waals surface area contributed by atoms with Crippen LogP contribution in [0.1, 0.15) is 16.8 Å². The molecule has 0 bridgehead atoms. The molecule has 1 aromatic rings. The van der Waals surface area contributed by atoms with Gasteiger partial charge < -0.3 is 5.11 Å². The van der Waals surface area contributed by atoms with Crippen LogP contribution in [0.5, 0.6) is 0 Å². The minimum atomic E-state index is -3.96. The topological polar surface area (TPSA) is 118 Å². The molecule has 1 saturated heterocycles. The van der Waals surface area contributed by atoms with Gasteiger partial charge in [-0.3, -0.25) is 4.72 Å². The molecule has 7 nitrogen and oxygen atoms in total. The average molecular weight is 398 g/mol. The molecule has 1 atom stereocenters. The second-order valence-electron chi connectivity index (χ2n) is 4.67. The summed E-state index contributed by atoms with van der Waals surface area (Å²) in [5, 5.41) is 8.02. The smallest absolute Gasteiger partial charge is 0.337 e. The third kappa shape index (κ3) is 3.74. The van der Waals surface area contributed by atoms with Crippen LogP contribution in [0.2, 0.25) is 0 Å². The standard InChI is InChI=1S/C11H12BrNO6S2/c12-7-1-2-10(9(5-7)11(14)15)13-21(18,19)8-3-4-20(16,17)6-8/h1-2,5,8,13H,3-4,6H2,(H,14,15). The van der Waals surface area contributed by atoms with Crippen molar-refractivity contribution in [3.8, 4) is 0 Å². The van der Waals surface area contributed by atoms with E-state index in [0.29, 0.717) is 4.47 Å². The number of hydrogen-bond donors (Lipinski definition) is 2. The molecule has 1 aliphatic heterocycles. The Bertz CT molecular complexity index is 787. The van der Waals surface area contributed by atoms with Crippen molar-refractivity contribution in [3.05, 3.63) is 28.2 Å². The monoisotopic (exact) mass is 397 g/mol. The summed E-state index contributed by atoms with van der Waals surface area (Å²) in [5.41, 5.74) is -0.302. The number of sulfonamides is 1. The number of carboxylic acid groups (broad SMARTS) is 1. The lowest BCUT2D eigenvalue weighted by Crippen LogP contribution is -2.29. The third-order valence-corrected chi connectivity index (χ3v) is 7.35. The van der Waals surface area contributed by atoms with Gasteiger partial charge in [-0.1, -0.05) is 15.9 Å². The van der Waals surface area contributed by atoms with E-state index in [2.05, 4.69) is 20.7 Å². The molecule has 0 saturated carbocycles. The molecule has 1 unspecified atom stereocenters. The van der Waals surface area contributed by atoms with Crippen molar-refractivity contribution in [2.45, 2.75) is 11.7 Å². The molecule has 1 heterocycles. The zero-order chi connectivity index (χ0) is 15.8. The van der Waals surface area contributed by atoms with Crippen molar-refractivity contribution >= 4 is 47.4 Å². The highest BCUT2D eigenvalue weighted by molar-refractivity contribution is 9.10. The second kappa shape index (κ2) is 5.58. The van der Waals surface area contributed by atoms with Crippen molar-refractivity contribution in [1.82, 2.24) is 0 Å². The van der Waals surface area contributed by atoms with E-state index in [1.54, 1.807) is 0 Å². The van der Waals surface area contributed by atoms with Gasteiger partial charge in [-0.05, 0) is 24.6 Å². The second-order valence-corrected chi connectivity index (χ2v) is 9.77. The Morgan fingerprint density at radius 3 is 2.57 bits per heavy atom. The zero-order valence-corrected chi connectivity index (χ0v) is 13.8. The van der Waals surface area contributed by atoms with Gasteiger partial charge in [-0.15, -0.1) is 0 Å². The Balaban J connectivity index is 2.32. The minimum absolute atomic E-state index is 0.0105. The van der Waals surface area contributed by atoms with E-state index in [9.17, 15) is 21.6 Å². The highest BCUT2D eigenvalue weighted by Gasteiger charge is 2.37. The summed E-state index contributed by atoms with van der Waals surface area (Å²) in [7, 11) is -7.31. The van der Waals surface area contributed by atoms with Crippen LogP contribution in [-0.2, 0) is 19.9 Å². The number of rotatable bonds is 4. The molecule has 0 radical (unpaired) electrons. The highest BCUT2D eigenvalue weighted by Crippen LogP contribution is 2.25. The van der Waals surface area contributed by atoms with E-state index in [4.69, 9.17) is 5.11 Å². The van der Waals surface area contributed by atoms with Crippen LogP contribution < -0.4 is 4.72 Å². The number of carboxylic acids is 1. The quantitative estimate of drug-likeness (QED) is 0.784. The van der Waals surface area contributed by atoms with Crippen molar-refractivity contribution in [1.29, 1.82) is 0 Å². The van der Waals surface area contributed by atoms with Crippen LogP contribution in [0.25, 0.3) is 0 Å². The summed E-state index contributed by atoms with van der Waals surface area (Å²) in [5.74, 6) is -1.90. The number of sulfone groups is 1. The Morgan fingerprint density at radius 1 is 1.38 bits per heavy atom. The average Bonchev–Trinajstić information content (AvgIpc) is 2.72. The fourth-order valence-electron chi connectivity index (χ4n) is 2.02. The summed E-state index contributed by atoms with van der Waals surface area (Å²) in [6, 6.07) is 4.08. The number of hydrogen-bond acceptors (Lipinski definition) is 5. The first-order valence-corrected chi connectivity index (χ1v) is 10.0. The summed E-state index contributed by atoms with van der Waals surface area (Å²) in [4.78, 5) is 11.1. The number of benzene rings is 1. The van der Waals surface area contributed by atoms with Crippen molar-refractivity contribution in [2.75, 3.05) is 16.2 Å². The molecule has 0 aromatic heterocycles. The lowest BCUT2D eigenvalue weighted by molar-refractivity contribution is 0.0698. The van der Waals surface area contributed by atoms with Gasteiger partial charge in [-0.2, -0.15) is 0 Å². The third-order valence-electron chi connectivity index (χ3n) is 3.09. The van der Waals surface area contributed by atoms with Gasteiger partial charge in [0.2, 0.25) is 10.0 Å². The normalized spacial score (nSPS) is 21.1. The van der Waals surface area contributed by atoms with Crippen LogP contribution in [0.15, 0.2) is 22.7 Å². The number of aromatic carboxylic acids is 1. The van der Waals surface area contributed by atoms with E-state index in [-0.39, 0.29) is 23.4 Å². The Morgan fingerprint density at radius 2 is 2.05 bits per heavy atom. The predicted octanol–water partition coefficient (Wildman–Crippen LogP) is 1.08. The predicted molar refractivity (Wildman–Crippen MR) is 80.7 cm³/mol. The van der Waals surface area contributed by atoms with E-state index in [0.717, 1.165) is 0 Å². The molecule has 10 heteroatoms. The summed E-state index contributed by atoms with van der Waals surface area (Å²) in [6.07, 6.45) is 0.0105. The van der Waals surface area contributed by atoms with Crippen LogP contribution in [0.4, 0.5) is 5.69 Å². The Kier molecular flexibility index (Phi) is 4.31. The first kappa shape index (κ1) is 16.2. The van der Waals surface area contributed by atoms with Gasteiger partial charge in [0.15, 0.2) is 9.84 Å². The van der Waals surface area contributed by atoms with Gasteiger partial charge in [0.05, 0.1) is 28.0 Å². The van der Waals surface area contributed by atoms with Crippen LogP contribution in [0.3, 0.4) is 0 Å². The molecule has 1 fully saturated rings. The summed E-state index contributed by atoms with van der Waals surface area (Å²) >= 11 is 3.11. The molecule has 0 aliphatic carbocycles. The number of halogens is 1. The summed E-state index contributed by atoms with van der Waals surface area (Å²) < 4.78 is 49.7. The first-order chi connectivity index (χ1) is 9.61. The zero-order valence-electron chi connectivity index (χ0n) is 10.6. The molecular formula is C11H12BrNO6S2. The van der Waals surface area contributed by atoms with Gasteiger partial charge >= 0.3 is 5.97 Å². The van der Waals surface area contributed by atoms with Crippen LogP contribution in [0, 0.1) is 0 Å². The molecule has 2 N–H and O–H groups in total. The van der Waals surface area contributed by atoms with Gasteiger partial charge in [0, 0.05) is 4.47 Å². The maximum Gasteiger partial charge on any atom is 0.337 e. The fraction of sp³-hybridized carbons (Fsp3) is 0.364. The molecule has 1 aromatic carbocycles. The largest absolute Gasteiger partial charge is 0.478 e. The first-order valence-electron chi connectivity index (χ1n) is 5.86. The van der Waals surface area contributed by atoms with Crippen molar-refractivity contribution < 1.29 is 26.7 Å². The molecule has 21 heavy (non-hydrogen) atoms. The van der Waals surface area contributed by atoms with E-state index in [1.807, 2.05) is 0 Å². The minimum Gasteiger partial charge on any atom is -0.478 e. The SMILES string of the molecule is O=C(O)c1cc(Br)ccc1NS(=O)(=O)C1CCS(=O)(=O)C1. The highest BCUT2D eigenvalue weighted by atomic mass is 79.9. The Hall–Kier alpha value is -1.13. The van der Waals surface area contributed by atoms with E-state index in [1.165, 1.54) is 18.2 Å². The molecule has 1 aliphatic rings. The molecular weight excluding hydrogens is 386 g/mol. The van der Waals surface area contributed by atoms with Gasteiger partial charge in [0.1, 0.15) is 0 Å². The van der Waals surface area contributed by atoms with Crippen molar-refractivity contribution in [3.63, 3.8) is 0 Å². The summed E-state index contributed by atoms with van der Waals surface area (Å²) in [6.45, 7) is 0. The number of nitrogens with one attached hydrogen (secondary N) is 1. The van der Waals surface area contributed by atoms with E-state index < -0.39 is 36.8 Å². The molecule has 116 valence electrons. The van der Waals surface area contributed by atoms with Gasteiger partial charge in [0.25, 0.3) is 0 Å². The maximum absolute atomic E-state index is 12.2.